The summed E-state index contributed by atoms with van der Waals surface area (Å²) < 4.78 is -0.649. The molecule has 2 amide bonds. The zero-order valence-electron chi connectivity index (χ0n) is 36.8. The van der Waals surface area contributed by atoms with Crippen LogP contribution in [0.4, 0.5) is 0 Å². The van der Waals surface area contributed by atoms with Crippen molar-refractivity contribution in [3.8, 4) is 0 Å². The molecule has 336 valence electrons. The van der Waals surface area contributed by atoms with Gasteiger partial charge >= 0.3 is 49.7 Å². The maximum absolute atomic E-state index is 12.1. The molecule has 0 bridgehead atoms. The fourth-order valence-corrected chi connectivity index (χ4v) is 7.82. The average Bonchev–Trinajstić information content (AvgIpc) is 3.16. The summed E-state index contributed by atoms with van der Waals surface area (Å²) in [5.41, 5.74) is 0. The number of carboxylic acid groups (broad SMARTS) is 4. The Hall–Kier alpha value is -2.60. The SMILES string of the molecule is C/C=C/CCCC(=O)NCC[N+](CCO)(C(CCC)C(=O)[O-])C(CCC)C(=O)O.C/C=C/CCCC(=O)NCC[N+](CCO)(C(CCC)C(=O)[O-])C(CCC)C(=O)O.[Ca+2]. The molecule has 0 radical (unpaired) electrons. The van der Waals surface area contributed by atoms with E-state index in [1.54, 1.807) is 0 Å². The predicted octanol–water partition coefficient (Wildman–Crippen LogP) is 1.28. The molecule has 59 heavy (non-hydrogen) atoms. The Balaban J connectivity index is -0.00000105. The first-order valence-corrected chi connectivity index (χ1v) is 21.2. The van der Waals surface area contributed by atoms with Gasteiger partial charge in [-0.2, -0.15) is 0 Å². The van der Waals surface area contributed by atoms with Crippen LogP contribution in [0.15, 0.2) is 24.3 Å². The summed E-state index contributed by atoms with van der Waals surface area (Å²) in [7, 11) is 0. The number of aliphatic hydroxyl groups is 2. The van der Waals surface area contributed by atoms with Crippen LogP contribution >= 0.6 is 0 Å². The van der Waals surface area contributed by atoms with E-state index in [9.17, 15) is 59.4 Å². The number of aliphatic carboxylic acids is 4. The molecule has 6 N–H and O–H groups in total. The van der Waals surface area contributed by atoms with Gasteiger partial charge in [0.2, 0.25) is 11.8 Å². The first kappa shape index (κ1) is 60.7. The van der Waals surface area contributed by atoms with Gasteiger partial charge in [0.25, 0.3) is 0 Å². The van der Waals surface area contributed by atoms with Crippen molar-refractivity contribution < 1.29 is 68.4 Å². The van der Waals surface area contributed by atoms with Gasteiger partial charge in [-0.25, -0.2) is 9.59 Å². The van der Waals surface area contributed by atoms with Gasteiger partial charge in [-0.05, 0) is 52.4 Å². The maximum atomic E-state index is 12.1. The fourth-order valence-electron chi connectivity index (χ4n) is 7.82. The Kier molecular flexibility index (Phi) is 37.1. The van der Waals surface area contributed by atoms with Gasteiger partial charge in [-0.3, -0.25) is 9.59 Å². The fraction of sp³-hybridized carbons (Fsp3) is 0.762. The van der Waals surface area contributed by atoms with Gasteiger partial charge in [-0.15, -0.1) is 0 Å². The summed E-state index contributed by atoms with van der Waals surface area (Å²) in [6.07, 6.45) is 14.8. The number of quaternary nitrogens is 2. The number of aliphatic hydroxyl groups excluding tert-OH is 2. The molecular weight excluding hydrogens is 793 g/mol. The van der Waals surface area contributed by atoms with Gasteiger partial charge < -0.3 is 59.8 Å². The summed E-state index contributed by atoms with van der Waals surface area (Å²) in [5, 5.41) is 68.4. The number of carbonyl (C=O) groups is 6. The van der Waals surface area contributed by atoms with Crippen LogP contribution in [0.3, 0.4) is 0 Å². The summed E-state index contributed by atoms with van der Waals surface area (Å²) in [6, 6.07) is -4.11. The zero-order chi connectivity index (χ0) is 44.6. The number of nitrogens with zero attached hydrogens (tertiary/aromatic N) is 2. The number of carbonyl (C=O) groups excluding carboxylic acids is 4. The Morgan fingerprint density at radius 3 is 1.10 bits per heavy atom. The normalized spacial score (nSPS) is 15.3. The number of hydrogen-bond donors (Lipinski definition) is 6. The summed E-state index contributed by atoms with van der Waals surface area (Å²) in [5.74, 6) is -5.14. The molecule has 0 spiro atoms. The molecule has 0 aromatic heterocycles. The minimum absolute atomic E-state index is 0. The Labute approximate surface area is 382 Å². The van der Waals surface area contributed by atoms with Gasteiger partial charge in [0.1, 0.15) is 25.2 Å². The van der Waals surface area contributed by atoms with Crippen LogP contribution in [0.5, 0.6) is 0 Å². The molecule has 16 nitrogen and oxygen atoms in total. The van der Waals surface area contributed by atoms with E-state index >= 15 is 0 Å². The molecule has 0 aliphatic heterocycles. The topological polar surface area (TPSA) is 254 Å². The van der Waals surface area contributed by atoms with E-state index in [1.165, 1.54) is 0 Å². The summed E-state index contributed by atoms with van der Waals surface area (Å²) in [4.78, 5) is 72.1. The molecule has 0 aromatic rings. The van der Waals surface area contributed by atoms with E-state index in [4.69, 9.17) is 0 Å². The molecule has 6 unspecified atom stereocenters. The van der Waals surface area contributed by atoms with E-state index in [0.717, 1.165) is 12.8 Å². The number of amides is 2. The van der Waals surface area contributed by atoms with Crippen LogP contribution < -0.4 is 20.8 Å². The minimum Gasteiger partial charge on any atom is -0.544 e. The van der Waals surface area contributed by atoms with Crippen LogP contribution in [0.25, 0.3) is 0 Å². The van der Waals surface area contributed by atoms with E-state index in [1.807, 2.05) is 65.8 Å². The molecule has 0 saturated carbocycles. The second kappa shape index (κ2) is 36.1. The Morgan fingerprint density at radius 2 is 0.864 bits per heavy atom. The van der Waals surface area contributed by atoms with E-state index in [2.05, 4.69) is 10.6 Å². The van der Waals surface area contributed by atoms with Gasteiger partial charge in [0.15, 0.2) is 12.1 Å². The van der Waals surface area contributed by atoms with Crippen molar-refractivity contribution >= 4 is 73.4 Å². The second-order valence-corrected chi connectivity index (χ2v) is 14.7. The van der Waals surface area contributed by atoms with Crippen LogP contribution in [-0.4, -0.2) is 179 Å². The molecule has 0 aliphatic rings. The van der Waals surface area contributed by atoms with Crippen molar-refractivity contribution in [1.29, 1.82) is 0 Å². The van der Waals surface area contributed by atoms with Crippen molar-refractivity contribution in [3.63, 3.8) is 0 Å². The molecule has 0 saturated heterocycles. The molecule has 17 heteroatoms. The zero-order valence-corrected chi connectivity index (χ0v) is 39.0. The molecule has 0 aromatic carbocycles. The average molecular weight is 869 g/mol. The van der Waals surface area contributed by atoms with E-state index < -0.39 is 48.0 Å². The third-order valence-corrected chi connectivity index (χ3v) is 10.6. The number of carboxylic acids is 4. The van der Waals surface area contributed by atoms with Crippen molar-refractivity contribution in [1.82, 2.24) is 10.6 Å². The molecule has 0 aliphatic carbocycles. The van der Waals surface area contributed by atoms with E-state index in [-0.39, 0.29) is 137 Å². The van der Waals surface area contributed by atoms with Crippen LogP contribution in [0, 0.1) is 0 Å². The van der Waals surface area contributed by atoms with Crippen molar-refractivity contribution in [2.24, 2.45) is 0 Å². The standard InChI is InChI=1S/2C21H38N2O6.Ca/c2*1-4-7-8-9-12-19(25)22-13-14-23(15-16-24,17(10-5-2)20(26)27)18(11-6-3)21(28)29;/h2*4,7,17-18,24H,5-6,8-16H2,1-3H3,(H2-,22,25,26,27,28,29);/q;;+2/b2*7-4+;. The Morgan fingerprint density at radius 1 is 0.559 bits per heavy atom. The first-order valence-electron chi connectivity index (χ1n) is 21.2. The summed E-state index contributed by atoms with van der Waals surface area (Å²) >= 11 is 0. The quantitative estimate of drug-likeness (QED) is 0.0232. The molecule has 0 heterocycles. The largest absolute Gasteiger partial charge is 2.00 e. The van der Waals surface area contributed by atoms with Crippen molar-refractivity contribution in [3.05, 3.63) is 24.3 Å². The van der Waals surface area contributed by atoms with Crippen LogP contribution in [-0.2, 0) is 28.8 Å². The number of hydrogen-bond acceptors (Lipinski definition) is 10. The minimum atomic E-state index is -1.32. The first-order chi connectivity index (χ1) is 27.6. The number of nitrogens with one attached hydrogen (secondary N) is 2. The van der Waals surface area contributed by atoms with Crippen molar-refractivity contribution in [2.45, 2.75) is 156 Å². The predicted molar refractivity (Wildman–Crippen MR) is 223 cm³/mol. The third kappa shape index (κ3) is 22.7. The number of unbranched alkanes of at least 4 members (excludes halogenated alkanes) is 2. The number of allylic oxidation sites excluding steroid dienone is 4. The molecule has 6 atom stereocenters. The maximum Gasteiger partial charge on any atom is 2.00 e. The van der Waals surface area contributed by atoms with Crippen LogP contribution in [0.1, 0.15) is 131 Å². The van der Waals surface area contributed by atoms with Gasteiger partial charge in [-0.1, -0.05) is 64.8 Å². The number of rotatable bonds is 34. The second-order valence-electron chi connectivity index (χ2n) is 14.7. The third-order valence-electron chi connectivity index (χ3n) is 10.6. The van der Waals surface area contributed by atoms with Gasteiger partial charge in [0.05, 0.1) is 51.3 Å². The monoisotopic (exact) mass is 869 g/mol. The van der Waals surface area contributed by atoms with Crippen molar-refractivity contribution in [2.75, 3.05) is 52.5 Å². The summed E-state index contributed by atoms with van der Waals surface area (Å²) in [6.45, 7) is 10.9. The smallest absolute Gasteiger partial charge is 0.544 e. The molecule has 0 rings (SSSR count). The molecular formula is C42H76CaN4O12+2. The molecule has 0 fully saturated rings. The van der Waals surface area contributed by atoms with Crippen LogP contribution in [0.2, 0.25) is 0 Å². The van der Waals surface area contributed by atoms with E-state index in [0.29, 0.717) is 51.4 Å². The Bertz CT molecular complexity index is 1120. The van der Waals surface area contributed by atoms with Gasteiger partial charge in [0, 0.05) is 38.5 Å².